The molecule has 0 saturated carbocycles. The summed E-state index contributed by atoms with van der Waals surface area (Å²) in [6.07, 6.45) is 0. The molecular weight excluding hydrogens is 343 g/mol. The predicted molar refractivity (Wildman–Crippen MR) is 72.8 cm³/mol. The average molecular weight is 350 g/mol. The highest BCUT2D eigenvalue weighted by atomic mass is 79.9. The van der Waals surface area contributed by atoms with E-state index in [1.54, 1.807) is 6.07 Å². The normalized spacial score (nSPS) is 10.4. The first-order valence-corrected chi connectivity index (χ1v) is 6.41. The van der Waals surface area contributed by atoms with E-state index in [1.807, 2.05) is 18.2 Å². The fraction of sp³-hybridized carbons (Fsp3) is 0.100. The summed E-state index contributed by atoms with van der Waals surface area (Å²) in [4.78, 5) is 15.5. The molecule has 18 heavy (non-hydrogen) atoms. The Balaban J connectivity index is 2.06. The quantitative estimate of drug-likeness (QED) is 0.926. The van der Waals surface area contributed by atoms with E-state index in [9.17, 15) is 4.79 Å². The Morgan fingerprint density at radius 2 is 2.11 bits per heavy atom. The highest BCUT2D eigenvalue weighted by Gasteiger charge is 2.11. The average Bonchev–Trinajstić information content (AvgIpc) is 2.61. The number of nitrogens with zero attached hydrogens (tertiary/aromatic N) is 3. The molecule has 0 radical (unpaired) electrons. The number of rotatable bonds is 3. The van der Waals surface area contributed by atoms with Crippen LogP contribution in [0.4, 0.5) is 5.69 Å². The third-order valence-corrected chi connectivity index (χ3v) is 3.17. The van der Waals surface area contributed by atoms with E-state index < -0.39 is 0 Å². The molecular formula is C10H7BrCl2N4O. The topological polar surface area (TPSA) is 59.8 Å². The number of benzene rings is 1. The standard InChI is InChI=1S/C10H7BrCl2N4O/c11-6-3-1-2-4-7(6)14-8(18)5-17-10(13)15-9(12)16-17/h1-4H,5H2,(H,14,18). The maximum atomic E-state index is 11.8. The molecule has 0 spiro atoms. The first-order valence-electron chi connectivity index (χ1n) is 4.86. The van der Waals surface area contributed by atoms with Crippen LogP contribution in [0.3, 0.4) is 0 Å². The summed E-state index contributed by atoms with van der Waals surface area (Å²) < 4.78 is 2.01. The van der Waals surface area contributed by atoms with Crippen molar-refractivity contribution in [2.75, 3.05) is 5.32 Å². The Morgan fingerprint density at radius 1 is 1.39 bits per heavy atom. The second kappa shape index (κ2) is 5.69. The molecule has 1 N–H and O–H groups in total. The van der Waals surface area contributed by atoms with Gasteiger partial charge < -0.3 is 5.32 Å². The third-order valence-electron chi connectivity index (χ3n) is 2.04. The van der Waals surface area contributed by atoms with Gasteiger partial charge in [0.15, 0.2) is 0 Å². The van der Waals surface area contributed by atoms with Gasteiger partial charge in [0.1, 0.15) is 6.54 Å². The summed E-state index contributed by atoms with van der Waals surface area (Å²) >= 11 is 14.6. The lowest BCUT2D eigenvalue weighted by molar-refractivity contribution is -0.116. The summed E-state index contributed by atoms with van der Waals surface area (Å²) in [5, 5.41) is 6.58. The van der Waals surface area contributed by atoms with Crippen LogP contribution in [0.25, 0.3) is 0 Å². The van der Waals surface area contributed by atoms with E-state index in [0.717, 1.165) is 4.47 Å². The van der Waals surface area contributed by atoms with Crippen LogP contribution < -0.4 is 5.32 Å². The first kappa shape index (κ1) is 13.3. The Labute approximate surface area is 121 Å². The molecule has 0 saturated heterocycles. The molecule has 0 unspecified atom stereocenters. The Hall–Kier alpha value is -1.11. The van der Waals surface area contributed by atoms with Crippen molar-refractivity contribution in [2.24, 2.45) is 0 Å². The number of aromatic nitrogens is 3. The molecule has 0 bridgehead atoms. The molecule has 0 aliphatic rings. The third kappa shape index (κ3) is 3.22. The summed E-state index contributed by atoms with van der Waals surface area (Å²) in [6, 6.07) is 7.28. The highest BCUT2D eigenvalue weighted by molar-refractivity contribution is 9.10. The van der Waals surface area contributed by atoms with Crippen molar-refractivity contribution >= 4 is 50.7 Å². The summed E-state index contributed by atoms with van der Waals surface area (Å²) in [6.45, 7) is -0.0557. The van der Waals surface area contributed by atoms with Crippen LogP contribution in [0.2, 0.25) is 10.6 Å². The van der Waals surface area contributed by atoms with Gasteiger partial charge in [0.05, 0.1) is 5.69 Å². The number of carbonyl (C=O) groups excluding carboxylic acids is 1. The predicted octanol–water partition coefficient (Wildman–Crippen LogP) is 2.99. The van der Waals surface area contributed by atoms with Gasteiger partial charge in [-0.05, 0) is 51.3 Å². The van der Waals surface area contributed by atoms with E-state index in [0.29, 0.717) is 5.69 Å². The van der Waals surface area contributed by atoms with Crippen LogP contribution in [-0.2, 0) is 11.3 Å². The fourth-order valence-corrected chi connectivity index (χ4v) is 2.06. The summed E-state index contributed by atoms with van der Waals surface area (Å²) in [5.41, 5.74) is 0.671. The number of carbonyl (C=O) groups is 1. The van der Waals surface area contributed by atoms with Crippen LogP contribution in [0, 0.1) is 0 Å². The van der Waals surface area contributed by atoms with Crippen LogP contribution in [0.15, 0.2) is 28.7 Å². The zero-order chi connectivity index (χ0) is 13.1. The van der Waals surface area contributed by atoms with Crippen molar-refractivity contribution < 1.29 is 4.79 Å². The van der Waals surface area contributed by atoms with E-state index >= 15 is 0 Å². The fourth-order valence-electron chi connectivity index (χ4n) is 1.29. The molecule has 5 nitrogen and oxygen atoms in total. The lowest BCUT2D eigenvalue weighted by atomic mass is 10.3. The van der Waals surface area contributed by atoms with Crippen molar-refractivity contribution in [2.45, 2.75) is 6.54 Å². The maximum absolute atomic E-state index is 11.8. The second-order valence-electron chi connectivity index (χ2n) is 3.34. The zero-order valence-corrected chi connectivity index (χ0v) is 12.0. The molecule has 2 aromatic rings. The van der Waals surface area contributed by atoms with E-state index in [2.05, 4.69) is 31.3 Å². The van der Waals surface area contributed by atoms with Gasteiger partial charge in [0, 0.05) is 4.47 Å². The number of nitrogens with one attached hydrogen (secondary N) is 1. The highest BCUT2D eigenvalue weighted by Crippen LogP contribution is 2.21. The molecule has 1 amide bonds. The number of anilines is 1. The Morgan fingerprint density at radius 3 is 2.72 bits per heavy atom. The van der Waals surface area contributed by atoms with Crippen molar-refractivity contribution in [3.05, 3.63) is 39.3 Å². The Bertz CT molecular complexity index is 587. The van der Waals surface area contributed by atoms with Gasteiger partial charge in [0.25, 0.3) is 0 Å². The van der Waals surface area contributed by atoms with Crippen molar-refractivity contribution in [1.29, 1.82) is 0 Å². The molecule has 1 aromatic heterocycles. The number of amides is 1. The van der Waals surface area contributed by atoms with E-state index in [-0.39, 0.29) is 23.0 Å². The number of hydrogen-bond acceptors (Lipinski definition) is 3. The first-order chi connectivity index (χ1) is 8.56. The maximum Gasteiger partial charge on any atom is 0.246 e. The molecule has 0 atom stereocenters. The molecule has 1 heterocycles. The van der Waals surface area contributed by atoms with Crippen LogP contribution in [-0.4, -0.2) is 20.7 Å². The van der Waals surface area contributed by atoms with Gasteiger partial charge in [-0.2, -0.15) is 4.98 Å². The van der Waals surface area contributed by atoms with Crippen LogP contribution in [0.1, 0.15) is 0 Å². The minimum Gasteiger partial charge on any atom is -0.323 e. The zero-order valence-electron chi connectivity index (χ0n) is 8.90. The molecule has 2 rings (SSSR count). The van der Waals surface area contributed by atoms with Gasteiger partial charge in [0.2, 0.25) is 16.5 Å². The van der Waals surface area contributed by atoms with Gasteiger partial charge in [-0.25, -0.2) is 4.68 Å². The molecule has 94 valence electrons. The smallest absolute Gasteiger partial charge is 0.246 e. The lowest BCUT2D eigenvalue weighted by Gasteiger charge is -2.07. The SMILES string of the molecule is O=C(Cn1nc(Cl)nc1Cl)Nc1ccccc1Br. The number of hydrogen-bond donors (Lipinski definition) is 1. The molecule has 0 aliphatic heterocycles. The second-order valence-corrected chi connectivity index (χ2v) is 4.87. The Kier molecular flexibility index (Phi) is 4.21. The lowest BCUT2D eigenvalue weighted by Crippen LogP contribution is -2.19. The van der Waals surface area contributed by atoms with E-state index in [4.69, 9.17) is 23.2 Å². The van der Waals surface area contributed by atoms with Crippen molar-refractivity contribution in [3.8, 4) is 0 Å². The van der Waals surface area contributed by atoms with Gasteiger partial charge in [-0.1, -0.05) is 12.1 Å². The van der Waals surface area contributed by atoms with Gasteiger partial charge >= 0.3 is 0 Å². The molecule has 1 aromatic carbocycles. The van der Waals surface area contributed by atoms with E-state index in [1.165, 1.54) is 4.68 Å². The minimum absolute atomic E-state index is 0.00805. The largest absolute Gasteiger partial charge is 0.323 e. The van der Waals surface area contributed by atoms with Gasteiger partial charge in [-0.3, -0.25) is 4.79 Å². The number of halogens is 3. The van der Waals surface area contributed by atoms with Crippen molar-refractivity contribution in [1.82, 2.24) is 14.8 Å². The van der Waals surface area contributed by atoms with Gasteiger partial charge in [-0.15, -0.1) is 5.10 Å². The molecule has 0 fully saturated rings. The minimum atomic E-state index is -0.273. The summed E-state index contributed by atoms with van der Waals surface area (Å²) in [5.74, 6) is -0.273. The van der Waals surface area contributed by atoms with Crippen LogP contribution >= 0.6 is 39.1 Å². The number of para-hydroxylation sites is 1. The molecule has 0 aliphatic carbocycles. The van der Waals surface area contributed by atoms with Crippen molar-refractivity contribution in [3.63, 3.8) is 0 Å². The monoisotopic (exact) mass is 348 g/mol. The molecule has 8 heteroatoms. The summed E-state index contributed by atoms with van der Waals surface area (Å²) in [7, 11) is 0. The van der Waals surface area contributed by atoms with Crippen LogP contribution in [0.5, 0.6) is 0 Å².